The number of benzene rings is 3. The Morgan fingerprint density at radius 3 is 1.91 bits per heavy atom. The average molecular weight is 440 g/mol. The van der Waals surface area contributed by atoms with Gasteiger partial charge in [0.2, 0.25) is 0 Å². The first-order valence-corrected chi connectivity index (χ1v) is 10.7. The topological polar surface area (TPSA) is 9.23 Å². The molecule has 2 unspecified atom stereocenters. The summed E-state index contributed by atoms with van der Waals surface area (Å²) in [6, 6.07) is 12.4. The molecule has 0 radical (unpaired) electrons. The monoisotopic (exact) mass is 440 g/mol. The summed E-state index contributed by atoms with van der Waals surface area (Å²) in [7, 11) is 0. The molecular formula is C27H24F4O. The van der Waals surface area contributed by atoms with E-state index in [2.05, 4.69) is 6.08 Å². The zero-order valence-electron chi connectivity index (χ0n) is 18.0. The van der Waals surface area contributed by atoms with E-state index < -0.39 is 29.4 Å². The van der Waals surface area contributed by atoms with Crippen LogP contribution in [0.15, 0.2) is 60.7 Å². The second-order valence-electron chi connectivity index (χ2n) is 8.15. The minimum absolute atomic E-state index is 0.107. The molecule has 1 nitrogen and oxygen atoms in total. The number of aryl methyl sites for hydroxylation is 1. The Hall–Kier alpha value is -2.92. The lowest BCUT2D eigenvalue weighted by Crippen LogP contribution is -2.20. The minimum Gasteiger partial charge on any atom is -0.373 e. The van der Waals surface area contributed by atoms with Crippen LogP contribution in [0.3, 0.4) is 0 Å². The maximum Gasteiger partial charge on any atom is 0.167 e. The van der Waals surface area contributed by atoms with Crippen molar-refractivity contribution in [2.75, 3.05) is 6.61 Å². The van der Waals surface area contributed by atoms with Crippen molar-refractivity contribution in [1.82, 2.24) is 0 Å². The van der Waals surface area contributed by atoms with E-state index in [1.165, 1.54) is 25.1 Å². The third-order valence-electron chi connectivity index (χ3n) is 6.02. The van der Waals surface area contributed by atoms with Crippen LogP contribution in [0.1, 0.15) is 37.0 Å². The van der Waals surface area contributed by atoms with Gasteiger partial charge in [0.25, 0.3) is 0 Å². The summed E-state index contributed by atoms with van der Waals surface area (Å²) in [5.74, 6) is -3.37. The number of hydrogen-bond donors (Lipinski definition) is 0. The Labute approximate surface area is 185 Å². The molecule has 0 saturated carbocycles. The molecule has 0 bridgehead atoms. The van der Waals surface area contributed by atoms with Crippen LogP contribution in [0.2, 0.25) is 0 Å². The molecule has 0 aromatic heterocycles. The first-order chi connectivity index (χ1) is 15.4. The molecule has 1 aliphatic rings. The SMILES string of the molecule is C/C=C/C1CCC(c2ccc(-c3ccc(-c4ccc(C)c(F)c4F)cc3)c(F)c2F)OC1. The molecule has 1 aliphatic heterocycles. The summed E-state index contributed by atoms with van der Waals surface area (Å²) in [6.45, 7) is 3.92. The molecule has 1 heterocycles. The van der Waals surface area contributed by atoms with Gasteiger partial charge in [-0.15, -0.1) is 0 Å². The quantitative estimate of drug-likeness (QED) is 0.296. The van der Waals surface area contributed by atoms with Crippen LogP contribution >= 0.6 is 0 Å². The molecule has 1 fully saturated rings. The van der Waals surface area contributed by atoms with Crippen LogP contribution in [0.5, 0.6) is 0 Å². The molecule has 0 spiro atoms. The predicted molar refractivity (Wildman–Crippen MR) is 118 cm³/mol. The van der Waals surface area contributed by atoms with E-state index in [9.17, 15) is 17.6 Å². The number of allylic oxidation sites excluding steroid dienone is 1. The van der Waals surface area contributed by atoms with Crippen molar-refractivity contribution in [3.05, 3.63) is 95.1 Å². The van der Waals surface area contributed by atoms with Crippen molar-refractivity contribution >= 4 is 0 Å². The van der Waals surface area contributed by atoms with Crippen LogP contribution in [0.4, 0.5) is 17.6 Å². The molecule has 0 aliphatic carbocycles. The van der Waals surface area contributed by atoms with E-state index in [0.29, 0.717) is 30.1 Å². The van der Waals surface area contributed by atoms with Gasteiger partial charge in [-0.1, -0.05) is 60.7 Å². The van der Waals surface area contributed by atoms with Gasteiger partial charge in [-0.3, -0.25) is 0 Å². The first-order valence-electron chi connectivity index (χ1n) is 10.7. The molecule has 4 rings (SSSR count). The third-order valence-corrected chi connectivity index (χ3v) is 6.02. The second-order valence-corrected chi connectivity index (χ2v) is 8.15. The Morgan fingerprint density at radius 2 is 1.34 bits per heavy atom. The fourth-order valence-corrected chi connectivity index (χ4v) is 4.18. The summed E-state index contributed by atoms with van der Waals surface area (Å²) in [5.41, 5.74) is 1.57. The maximum absolute atomic E-state index is 14.9. The zero-order chi connectivity index (χ0) is 22.8. The van der Waals surface area contributed by atoms with Gasteiger partial charge in [0.1, 0.15) is 0 Å². The Morgan fingerprint density at radius 1 is 0.750 bits per heavy atom. The van der Waals surface area contributed by atoms with Gasteiger partial charge >= 0.3 is 0 Å². The molecular weight excluding hydrogens is 416 g/mol. The molecule has 0 N–H and O–H groups in total. The van der Waals surface area contributed by atoms with Gasteiger partial charge in [-0.2, -0.15) is 0 Å². The molecule has 3 aromatic carbocycles. The molecule has 2 atom stereocenters. The van der Waals surface area contributed by atoms with Crippen LogP contribution in [0.25, 0.3) is 22.3 Å². The van der Waals surface area contributed by atoms with Crippen molar-refractivity contribution in [2.45, 2.75) is 32.8 Å². The Balaban J connectivity index is 1.58. The predicted octanol–water partition coefficient (Wildman–Crippen LogP) is 7.93. The lowest BCUT2D eigenvalue weighted by molar-refractivity contribution is -0.00743. The van der Waals surface area contributed by atoms with E-state index in [0.717, 1.165) is 6.42 Å². The smallest absolute Gasteiger partial charge is 0.167 e. The number of hydrogen-bond acceptors (Lipinski definition) is 1. The van der Waals surface area contributed by atoms with Gasteiger partial charge in [0.05, 0.1) is 12.7 Å². The lowest BCUT2D eigenvalue weighted by atomic mass is 9.92. The number of rotatable bonds is 4. The van der Waals surface area contributed by atoms with Crippen LogP contribution in [-0.4, -0.2) is 6.61 Å². The Kier molecular flexibility index (Phi) is 6.47. The molecule has 1 saturated heterocycles. The van der Waals surface area contributed by atoms with Gasteiger partial charge in [-0.25, -0.2) is 17.6 Å². The summed E-state index contributed by atoms with van der Waals surface area (Å²) in [5, 5.41) is 0. The number of halogens is 4. The lowest BCUT2D eigenvalue weighted by Gasteiger charge is -2.28. The minimum atomic E-state index is -0.943. The molecule has 0 amide bonds. The highest BCUT2D eigenvalue weighted by Crippen LogP contribution is 2.36. The third kappa shape index (κ3) is 4.22. The van der Waals surface area contributed by atoms with Crippen molar-refractivity contribution in [2.24, 2.45) is 5.92 Å². The second kappa shape index (κ2) is 9.29. The maximum atomic E-state index is 14.9. The van der Waals surface area contributed by atoms with Crippen LogP contribution in [0, 0.1) is 36.1 Å². The molecule has 5 heteroatoms. The zero-order valence-corrected chi connectivity index (χ0v) is 18.0. The van der Waals surface area contributed by atoms with Crippen molar-refractivity contribution in [1.29, 1.82) is 0 Å². The molecule has 32 heavy (non-hydrogen) atoms. The summed E-state index contributed by atoms with van der Waals surface area (Å²) >= 11 is 0. The normalized spacial score (nSPS) is 18.9. The van der Waals surface area contributed by atoms with E-state index in [-0.39, 0.29) is 22.3 Å². The largest absolute Gasteiger partial charge is 0.373 e. The fraction of sp³-hybridized carbons (Fsp3) is 0.259. The van der Waals surface area contributed by atoms with Gasteiger partial charge in [0.15, 0.2) is 23.3 Å². The van der Waals surface area contributed by atoms with E-state index in [4.69, 9.17) is 4.74 Å². The summed E-state index contributed by atoms with van der Waals surface area (Å²) < 4.78 is 63.8. The van der Waals surface area contributed by atoms with Crippen LogP contribution < -0.4 is 0 Å². The standard InChI is InChI=1S/C27H24F4O/c1-3-4-17-6-14-23(32-15-17)22-13-12-21(26(30)27(22)31)19-9-7-18(8-10-19)20-11-5-16(2)24(28)25(20)29/h3-5,7-13,17,23H,6,14-15H2,1-2H3/b4-3+. The highest BCUT2D eigenvalue weighted by Gasteiger charge is 2.26. The van der Waals surface area contributed by atoms with E-state index in [1.54, 1.807) is 30.3 Å². The highest BCUT2D eigenvalue weighted by molar-refractivity contribution is 5.71. The Bertz CT molecular complexity index is 1140. The molecule has 3 aromatic rings. The first kappa shape index (κ1) is 22.3. The highest BCUT2D eigenvalue weighted by atomic mass is 19.2. The molecule has 166 valence electrons. The van der Waals surface area contributed by atoms with E-state index >= 15 is 0 Å². The van der Waals surface area contributed by atoms with Gasteiger partial charge in [0, 0.05) is 22.6 Å². The van der Waals surface area contributed by atoms with Crippen LogP contribution in [-0.2, 0) is 4.74 Å². The van der Waals surface area contributed by atoms with Gasteiger partial charge in [-0.05, 0) is 43.4 Å². The fourth-order valence-electron chi connectivity index (χ4n) is 4.18. The van der Waals surface area contributed by atoms with E-state index in [1.807, 2.05) is 13.0 Å². The van der Waals surface area contributed by atoms with Crippen molar-refractivity contribution in [3.8, 4) is 22.3 Å². The number of ether oxygens (including phenoxy) is 1. The van der Waals surface area contributed by atoms with Crippen molar-refractivity contribution < 1.29 is 22.3 Å². The average Bonchev–Trinajstić information content (AvgIpc) is 2.81. The summed E-state index contributed by atoms with van der Waals surface area (Å²) in [6.07, 6.45) is 5.05. The summed E-state index contributed by atoms with van der Waals surface area (Å²) in [4.78, 5) is 0. The van der Waals surface area contributed by atoms with Gasteiger partial charge < -0.3 is 4.74 Å². The van der Waals surface area contributed by atoms with Crippen molar-refractivity contribution in [3.63, 3.8) is 0 Å².